The number of nitrogen functional groups attached to an aromatic ring is 1. The molecule has 2 rings (SSSR count). The van der Waals surface area contributed by atoms with Gasteiger partial charge in [0, 0.05) is 22.2 Å². The largest absolute Gasteiger partial charge is 0.478 e. The van der Waals surface area contributed by atoms with E-state index in [1.165, 1.54) is 25.3 Å². The third-order valence-corrected chi connectivity index (χ3v) is 3.17. The smallest absolute Gasteiger partial charge is 0.310 e. The van der Waals surface area contributed by atoms with Crippen LogP contribution in [0.25, 0.3) is 10.9 Å². The zero-order valence-corrected chi connectivity index (χ0v) is 12.2. The summed E-state index contributed by atoms with van der Waals surface area (Å²) in [6.45, 7) is 1.94. The van der Waals surface area contributed by atoms with Gasteiger partial charge in [0.1, 0.15) is 0 Å². The zero-order valence-electron chi connectivity index (χ0n) is 12.2. The lowest BCUT2D eigenvalue weighted by atomic mass is 10.0. The molecule has 0 saturated heterocycles. The van der Waals surface area contributed by atoms with E-state index in [0.29, 0.717) is 11.2 Å². The molecule has 0 atom stereocenters. The number of anilines is 1. The van der Waals surface area contributed by atoms with Crippen LogP contribution in [0.4, 0.5) is 14.5 Å². The number of hydrogen-bond acceptors (Lipinski definition) is 5. The second-order valence-electron chi connectivity index (χ2n) is 4.57. The molecule has 2 N–H and O–H groups in total. The Morgan fingerprint density at radius 2 is 2.14 bits per heavy atom. The first kappa shape index (κ1) is 15.9. The zero-order chi connectivity index (χ0) is 16.3. The first-order valence-corrected chi connectivity index (χ1v) is 6.67. The SMILES string of the molecule is CCOc1nc2cc(N)ccc2c(C(F)F)c1CC(=O)OC. The number of esters is 1. The van der Waals surface area contributed by atoms with Gasteiger partial charge >= 0.3 is 5.97 Å². The van der Waals surface area contributed by atoms with Gasteiger partial charge in [-0.2, -0.15) is 0 Å². The highest BCUT2D eigenvalue weighted by molar-refractivity contribution is 5.88. The van der Waals surface area contributed by atoms with E-state index in [1.807, 2.05) is 0 Å². The molecule has 0 unspecified atom stereocenters. The number of halogens is 2. The Morgan fingerprint density at radius 1 is 1.41 bits per heavy atom. The molecular formula is C15H16F2N2O3. The lowest BCUT2D eigenvalue weighted by molar-refractivity contribution is -0.139. The second-order valence-corrected chi connectivity index (χ2v) is 4.57. The highest BCUT2D eigenvalue weighted by atomic mass is 19.3. The van der Waals surface area contributed by atoms with Gasteiger partial charge in [0.25, 0.3) is 6.43 Å². The third kappa shape index (κ3) is 3.08. The molecule has 0 bridgehead atoms. The molecule has 7 heteroatoms. The van der Waals surface area contributed by atoms with Crippen molar-refractivity contribution in [1.29, 1.82) is 0 Å². The molecule has 2 aromatic rings. The van der Waals surface area contributed by atoms with E-state index in [1.54, 1.807) is 6.92 Å². The number of nitrogens with two attached hydrogens (primary N) is 1. The first-order valence-electron chi connectivity index (χ1n) is 6.67. The number of carbonyl (C=O) groups excluding carboxylic acids is 1. The predicted molar refractivity (Wildman–Crippen MR) is 78.0 cm³/mol. The van der Waals surface area contributed by atoms with E-state index in [0.717, 1.165) is 0 Å². The number of aromatic nitrogens is 1. The van der Waals surface area contributed by atoms with Gasteiger partial charge in [-0.3, -0.25) is 4.79 Å². The number of alkyl halides is 2. The molecule has 0 aliphatic rings. The first-order chi connectivity index (χ1) is 10.5. The van der Waals surface area contributed by atoms with Gasteiger partial charge in [-0.25, -0.2) is 13.8 Å². The van der Waals surface area contributed by atoms with Gasteiger partial charge in [-0.15, -0.1) is 0 Å². The summed E-state index contributed by atoms with van der Waals surface area (Å²) in [6.07, 6.45) is -3.12. The van der Waals surface area contributed by atoms with Crippen LogP contribution in [0.5, 0.6) is 5.88 Å². The molecule has 22 heavy (non-hydrogen) atoms. The molecule has 0 fully saturated rings. The lowest BCUT2D eigenvalue weighted by Gasteiger charge is -2.16. The molecule has 0 saturated carbocycles. The Balaban J connectivity index is 2.76. The average molecular weight is 310 g/mol. The maximum atomic E-state index is 13.6. The van der Waals surface area contributed by atoms with Gasteiger partial charge in [-0.1, -0.05) is 6.07 Å². The fourth-order valence-electron chi connectivity index (χ4n) is 2.22. The topological polar surface area (TPSA) is 74.4 Å². The fraction of sp³-hybridized carbons (Fsp3) is 0.333. The van der Waals surface area contributed by atoms with Crippen molar-refractivity contribution in [3.8, 4) is 5.88 Å². The van der Waals surface area contributed by atoms with Crippen LogP contribution >= 0.6 is 0 Å². The minimum atomic E-state index is -2.78. The highest BCUT2D eigenvalue weighted by Gasteiger charge is 2.24. The van der Waals surface area contributed by atoms with Crippen LogP contribution < -0.4 is 10.5 Å². The summed E-state index contributed by atoms with van der Waals surface area (Å²) in [5, 5.41) is 0.242. The molecule has 0 aliphatic heterocycles. The summed E-state index contributed by atoms with van der Waals surface area (Å²) >= 11 is 0. The van der Waals surface area contributed by atoms with Crippen molar-refractivity contribution in [2.45, 2.75) is 19.8 Å². The van der Waals surface area contributed by atoms with E-state index in [-0.39, 0.29) is 35.4 Å². The molecule has 5 nitrogen and oxygen atoms in total. The Kier molecular flexibility index (Phi) is 4.75. The Bertz CT molecular complexity index is 705. The summed E-state index contributed by atoms with van der Waals surface area (Å²) in [4.78, 5) is 15.7. The number of rotatable bonds is 5. The monoisotopic (exact) mass is 310 g/mol. The highest BCUT2D eigenvalue weighted by Crippen LogP contribution is 2.36. The second kappa shape index (κ2) is 6.55. The number of fused-ring (bicyclic) bond motifs is 1. The summed E-state index contributed by atoms with van der Waals surface area (Å²) in [6, 6.07) is 4.47. The van der Waals surface area contributed by atoms with Gasteiger partial charge in [-0.05, 0) is 19.1 Å². The number of ether oxygens (including phenoxy) is 2. The Hall–Kier alpha value is -2.44. The summed E-state index contributed by atoms with van der Waals surface area (Å²) < 4.78 is 37.0. The molecular weight excluding hydrogens is 294 g/mol. The minimum Gasteiger partial charge on any atom is -0.478 e. The number of pyridine rings is 1. The van der Waals surface area contributed by atoms with E-state index in [2.05, 4.69) is 9.72 Å². The molecule has 1 aromatic heterocycles. The Morgan fingerprint density at radius 3 is 2.73 bits per heavy atom. The van der Waals surface area contributed by atoms with Gasteiger partial charge < -0.3 is 15.2 Å². The van der Waals surface area contributed by atoms with Crippen LogP contribution in [0.15, 0.2) is 18.2 Å². The minimum absolute atomic E-state index is 0.00120. The molecule has 0 radical (unpaired) electrons. The van der Waals surface area contributed by atoms with E-state index in [9.17, 15) is 13.6 Å². The number of methoxy groups -OCH3 is 1. The van der Waals surface area contributed by atoms with Crippen molar-refractivity contribution < 1.29 is 23.0 Å². The third-order valence-electron chi connectivity index (χ3n) is 3.17. The van der Waals surface area contributed by atoms with Gasteiger partial charge in [0.05, 0.1) is 25.7 Å². The van der Waals surface area contributed by atoms with Crippen LogP contribution in [0.2, 0.25) is 0 Å². The molecule has 118 valence electrons. The number of benzene rings is 1. The van der Waals surface area contributed by atoms with Gasteiger partial charge in [0.2, 0.25) is 5.88 Å². The van der Waals surface area contributed by atoms with Crippen LogP contribution in [0.3, 0.4) is 0 Å². The van der Waals surface area contributed by atoms with E-state index < -0.39 is 12.4 Å². The standard InChI is InChI=1S/C15H16F2N2O3/c1-3-22-15-10(7-12(20)21-2)13(14(16)17)9-5-4-8(18)6-11(9)19-15/h4-6,14H,3,7,18H2,1-2H3. The van der Waals surface area contributed by atoms with E-state index in [4.69, 9.17) is 10.5 Å². The van der Waals surface area contributed by atoms with Crippen molar-refractivity contribution >= 4 is 22.6 Å². The number of hydrogen-bond donors (Lipinski definition) is 1. The van der Waals surface area contributed by atoms with Crippen molar-refractivity contribution in [3.63, 3.8) is 0 Å². The maximum absolute atomic E-state index is 13.6. The summed E-state index contributed by atoms with van der Waals surface area (Å²) in [7, 11) is 1.19. The van der Waals surface area contributed by atoms with Crippen LogP contribution in [0.1, 0.15) is 24.5 Å². The molecule has 0 amide bonds. The normalized spacial score (nSPS) is 11.0. The molecule has 0 spiro atoms. The summed E-state index contributed by atoms with van der Waals surface area (Å²) in [5.74, 6) is -0.638. The quantitative estimate of drug-likeness (QED) is 0.679. The van der Waals surface area contributed by atoms with Crippen molar-refractivity contribution in [1.82, 2.24) is 4.98 Å². The number of nitrogens with zero attached hydrogens (tertiary/aromatic N) is 1. The fourth-order valence-corrected chi connectivity index (χ4v) is 2.22. The van der Waals surface area contributed by atoms with E-state index >= 15 is 0 Å². The van der Waals surface area contributed by atoms with Crippen molar-refractivity contribution in [2.75, 3.05) is 19.5 Å². The molecule has 0 aliphatic carbocycles. The van der Waals surface area contributed by atoms with Crippen LogP contribution in [-0.4, -0.2) is 24.7 Å². The van der Waals surface area contributed by atoms with Crippen LogP contribution in [0, 0.1) is 0 Å². The number of carbonyl (C=O) groups is 1. The maximum Gasteiger partial charge on any atom is 0.310 e. The van der Waals surface area contributed by atoms with Gasteiger partial charge in [0.15, 0.2) is 0 Å². The Labute approximate surface area is 126 Å². The molecule has 1 heterocycles. The average Bonchev–Trinajstić information content (AvgIpc) is 2.47. The lowest BCUT2D eigenvalue weighted by Crippen LogP contribution is -2.11. The van der Waals surface area contributed by atoms with Crippen molar-refractivity contribution in [3.05, 3.63) is 29.3 Å². The van der Waals surface area contributed by atoms with Crippen LogP contribution in [-0.2, 0) is 16.0 Å². The predicted octanol–water partition coefficient (Wildman–Crippen LogP) is 2.87. The molecule has 1 aromatic carbocycles. The summed E-state index contributed by atoms with van der Waals surface area (Å²) in [5.41, 5.74) is 6.14. The van der Waals surface area contributed by atoms with Crippen molar-refractivity contribution in [2.24, 2.45) is 0 Å².